The Bertz CT molecular complexity index is 985. The molecule has 0 aliphatic rings. The van der Waals surface area contributed by atoms with Crippen LogP contribution >= 0.6 is 11.8 Å². The van der Waals surface area contributed by atoms with Crippen molar-refractivity contribution in [2.45, 2.75) is 24.9 Å². The van der Waals surface area contributed by atoms with Crippen LogP contribution in [0.25, 0.3) is 11.0 Å². The smallest absolute Gasteiger partial charge is 0.338 e. The standard InChI is InChI=1S/C21H23N3O4S/c1-3-4-11-28-20(26)14-5-7-15(8-6-14)22-19(25)13-29-21-23-17-10-9-16(27-2)12-18(17)24-21/h5-10,12H,3-4,11,13H2,1-2H3,(H,22,25)(H,23,24). The van der Waals surface area contributed by atoms with Gasteiger partial charge in [0.05, 0.1) is 36.1 Å². The molecule has 0 radical (unpaired) electrons. The van der Waals surface area contributed by atoms with Crippen molar-refractivity contribution in [1.82, 2.24) is 9.97 Å². The zero-order valence-corrected chi connectivity index (χ0v) is 17.2. The molecule has 3 rings (SSSR count). The Morgan fingerprint density at radius 3 is 2.69 bits per heavy atom. The molecule has 0 saturated carbocycles. The summed E-state index contributed by atoms with van der Waals surface area (Å²) in [6, 6.07) is 12.2. The molecule has 0 fully saturated rings. The second kappa shape index (κ2) is 9.97. The quantitative estimate of drug-likeness (QED) is 0.309. The molecule has 3 aromatic rings. The maximum atomic E-state index is 12.2. The third-order valence-corrected chi connectivity index (χ3v) is 5.02. The fraction of sp³-hybridized carbons (Fsp3) is 0.286. The highest BCUT2D eigenvalue weighted by Crippen LogP contribution is 2.23. The zero-order valence-electron chi connectivity index (χ0n) is 16.4. The molecule has 1 aromatic heterocycles. The lowest BCUT2D eigenvalue weighted by Crippen LogP contribution is -2.14. The molecule has 29 heavy (non-hydrogen) atoms. The van der Waals surface area contributed by atoms with Gasteiger partial charge in [-0.2, -0.15) is 0 Å². The van der Waals surface area contributed by atoms with E-state index in [0.717, 1.165) is 29.6 Å². The van der Waals surface area contributed by atoms with Gasteiger partial charge in [0.1, 0.15) is 5.75 Å². The van der Waals surface area contributed by atoms with E-state index in [1.165, 1.54) is 11.8 Å². The van der Waals surface area contributed by atoms with Crippen LogP contribution in [0.1, 0.15) is 30.1 Å². The minimum atomic E-state index is -0.353. The molecule has 0 aliphatic carbocycles. The number of aromatic nitrogens is 2. The summed E-state index contributed by atoms with van der Waals surface area (Å²) in [5, 5.41) is 3.47. The van der Waals surface area contributed by atoms with E-state index in [1.54, 1.807) is 31.4 Å². The number of benzene rings is 2. The first kappa shape index (κ1) is 20.7. The van der Waals surface area contributed by atoms with E-state index in [0.29, 0.717) is 23.0 Å². The van der Waals surface area contributed by atoms with Crippen molar-refractivity contribution >= 4 is 40.4 Å². The van der Waals surface area contributed by atoms with Crippen LogP contribution in [0.15, 0.2) is 47.6 Å². The average Bonchev–Trinajstić information content (AvgIpc) is 3.15. The van der Waals surface area contributed by atoms with Gasteiger partial charge >= 0.3 is 5.97 Å². The molecule has 0 spiro atoms. The van der Waals surface area contributed by atoms with Crippen LogP contribution in [0.3, 0.4) is 0 Å². The average molecular weight is 413 g/mol. The number of H-pyrrole nitrogens is 1. The lowest BCUT2D eigenvalue weighted by atomic mass is 10.2. The molecule has 1 heterocycles. The lowest BCUT2D eigenvalue weighted by molar-refractivity contribution is -0.113. The fourth-order valence-electron chi connectivity index (χ4n) is 2.57. The Morgan fingerprint density at radius 2 is 1.97 bits per heavy atom. The summed E-state index contributed by atoms with van der Waals surface area (Å²) < 4.78 is 10.4. The molecule has 0 atom stereocenters. The van der Waals surface area contributed by atoms with Gasteiger partial charge in [0.15, 0.2) is 5.16 Å². The number of ether oxygens (including phenoxy) is 2. The summed E-state index contributed by atoms with van der Waals surface area (Å²) in [6.45, 7) is 2.45. The number of amides is 1. The van der Waals surface area contributed by atoms with Crippen molar-refractivity contribution in [2.75, 3.05) is 24.8 Å². The highest BCUT2D eigenvalue weighted by molar-refractivity contribution is 7.99. The Balaban J connectivity index is 1.51. The largest absolute Gasteiger partial charge is 0.497 e. The topological polar surface area (TPSA) is 93.3 Å². The minimum absolute atomic E-state index is 0.161. The molecule has 0 saturated heterocycles. The number of nitrogens with one attached hydrogen (secondary N) is 2. The Hall–Kier alpha value is -3.00. The lowest BCUT2D eigenvalue weighted by Gasteiger charge is -2.06. The molecule has 8 heteroatoms. The monoisotopic (exact) mass is 413 g/mol. The molecule has 0 aliphatic heterocycles. The number of esters is 1. The molecule has 0 bridgehead atoms. The van der Waals surface area contributed by atoms with Gasteiger partial charge in [-0.05, 0) is 42.8 Å². The number of rotatable bonds is 9. The summed E-state index contributed by atoms with van der Waals surface area (Å²) >= 11 is 1.31. The van der Waals surface area contributed by atoms with Gasteiger partial charge in [0.25, 0.3) is 0 Å². The summed E-state index contributed by atoms with van der Waals surface area (Å²) in [4.78, 5) is 31.7. The minimum Gasteiger partial charge on any atom is -0.497 e. The highest BCUT2D eigenvalue weighted by atomic mass is 32.2. The number of nitrogens with zero attached hydrogens (tertiary/aromatic N) is 1. The number of carbonyl (C=O) groups is 2. The summed E-state index contributed by atoms with van der Waals surface area (Å²) in [5.41, 5.74) is 2.75. The Labute approximate surface area is 173 Å². The number of carbonyl (C=O) groups excluding carboxylic acids is 2. The first-order chi connectivity index (χ1) is 14.1. The van der Waals surface area contributed by atoms with Crippen molar-refractivity contribution in [1.29, 1.82) is 0 Å². The first-order valence-corrected chi connectivity index (χ1v) is 10.3. The van der Waals surface area contributed by atoms with E-state index in [9.17, 15) is 9.59 Å². The summed E-state index contributed by atoms with van der Waals surface area (Å²) in [5.74, 6) is 0.436. The number of imidazole rings is 1. The number of unbranched alkanes of at least 4 members (excludes halogenated alkanes) is 1. The van der Waals surface area contributed by atoms with Gasteiger partial charge in [-0.3, -0.25) is 4.79 Å². The predicted octanol–water partition coefficient (Wildman–Crippen LogP) is 4.26. The number of aromatic amines is 1. The van der Waals surface area contributed by atoms with Crippen LogP contribution < -0.4 is 10.1 Å². The molecular weight excluding hydrogens is 390 g/mol. The summed E-state index contributed by atoms with van der Waals surface area (Å²) in [7, 11) is 1.61. The molecular formula is C21H23N3O4S. The van der Waals surface area contributed by atoms with Crippen LogP contribution in [0, 0.1) is 0 Å². The van der Waals surface area contributed by atoms with Crippen LogP contribution in [-0.4, -0.2) is 41.3 Å². The second-order valence-corrected chi connectivity index (χ2v) is 7.29. The van der Waals surface area contributed by atoms with Gasteiger partial charge in [-0.25, -0.2) is 9.78 Å². The number of hydrogen-bond acceptors (Lipinski definition) is 6. The molecule has 2 aromatic carbocycles. The Morgan fingerprint density at radius 1 is 1.17 bits per heavy atom. The highest BCUT2D eigenvalue weighted by Gasteiger charge is 2.10. The van der Waals surface area contributed by atoms with Crippen molar-refractivity contribution in [3.05, 3.63) is 48.0 Å². The number of thioether (sulfide) groups is 1. The van der Waals surface area contributed by atoms with E-state index in [2.05, 4.69) is 15.3 Å². The van der Waals surface area contributed by atoms with Crippen molar-refractivity contribution in [3.8, 4) is 5.75 Å². The third-order valence-electron chi connectivity index (χ3n) is 4.14. The van der Waals surface area contributed by atoms with Crippen LogP contribution in [-0.2, 0) is 9.53 Å². The van der Waals surface area contributed by atoms with E-state index in [1.807, 2.05) is 25.1 Å². The first-order valence-electron chi connectivity index (χ1n) is 9.32. The van der Waals surface area contributed by atoms with E-state index in [4.69, 9.17) is 9.47 Å². The van der Waals surface area contributed by atoms with Gasteiger partial charge < -0.3 is 19.8 Å². The van der Waals surface area contributed by atoms with Crippen molar-refractivity contribution in [2.24, 2.45) is 0 Å². The van der Waals surface area contributed by atoms with Gasteiger partial charge in [0.2, 0.25) is 5.91 Å². The second-order valence-electron chi connectivity index (χ2n) is 6.33. The molecule has 7 nitrogen and oxygen atoms in total. The molecule has 1 amide bonds. The maximum Gasteiger partial charge on any atom is 0.338 e. The molecule has 2 N–H and O–H groups in total. The number of methoxy groups -OCH3 is 1. The maximum absolute atomic E-state index is 12.2. The van der Waals surface area contributed by atoms with E-state index in [-0.39, 0.29) is 17.6 Å². The number of anilines is 1. The molecule has 0 unspecified atom stereocenters. The third kappa shape index (κ3) is 5.74. The van der Waals surface area contributed by atoms with E-state index < -0.39 is 0 Å². The van der Waals surface area contributed by atoms with Gasteiger partial charge in [-0.1, -0.05) is 25.1 Å². The van der Waals surface area contributed by atoms with E-state index >= 15 is 0 Å². The normalized spacial score (nSPS) is 10.7. The number of fused-ring (bicyclic) bond motifs is 1. The molecule has 152 valence electrons. The predicted molar refractivity (Wildman–Crippen MR) is 114 cm³/mol. The van der Waals surface area contributed by atoms with Crippen LogP contribution in [0.4, 0.5) is 5.69 Å². The summed E-state index contributed by atoms with van der Waals surface area (Å²) in [6.07, 6.45) is 1.81. The Kier molecular flexibility index (Phi) is 7.13. The zero-order chi connectivity index (χ0) is 20.6. The van der Waals surface area contributed by atoms with Crippen molar-refractivity contribution in [3.63, 3.8) is 0 Å². The fourth-order valence-corrected chi connectivity index (χ4v) is 3.26. The SMILES string of the molecule is CCCCOC(=O)c1ccc(NC(=O)CSc2nc3ccc(OC)cc3[nH]2)cc1. The van der Waals surface area contributed by atoms with Gasteiger partial charge in [-0.15, -0.1) is 0 Å². The van der Waals surface area contributed by atoms with Gasteiger partial charge in [0, 0.05) is 11.8 Å². The van der Waals surface area contributed by atoms with Crippen LogP contribution in [0.5, 0.6) is 5.75 Å². The van der Waals surface area contributed by atoms with Crippen molar-refractivity contribution < 1.29 is 19.1 Å². The number of hydrogen-bond donors (Lipinski definition) is 2. The van der Waals surface area contributed by atoms with Crippen LogP contribution in [0.2, 0.25) is 0 Å².